The van der Waals surface area contributed by atoms with Crippen LogP contribution in [0.3, 0.4) is 0 Å². The molecule has 1 aliphatic carbocycles. The summed E-state index contributed by atoms with van der Waals surface area (Å²) in [7, 11) is 1.35. The van der Waals surface area contributed by atoms with Gasteiger partial charge in [-0.2, -0.15) is 0 Å². The maximum atomic E-state index is 11.8. The third kappa shape index (κ3) is 4.02. The molecule has 0 aromatic carbocycles. The molecule has 0 saturated heterocycles. The van der Waals surface area contributed by atoms with E-state index >= 15 is 0 Å². The van der Waals surface area contributed by atoms with Gasteiger partial charge in [0.1, 0.15) is 11.7 Å². The first-order valence-electron chi connectivity index (χ1n) is 5.79. The number of carbonyl (C=O) groups excluding carboxylic acids is 2. The van der Waals surface area contributed by atoms with Crippen LogP contribution in [-0.4, -0.2) is 18.9 Å². The Morgan fingerprint density at radius 2 is 2.07 bits per heavy atom. The average Bonchev–Trinajstić information content (AvgIpc) is 3.01. The minimum atomic E-state index is -0.504. The Balaban J connectivity index is 2.44. The molecule has 15 heavy (non-hydrogen) atoms. The van der Waals surface area contributed by atoms with Crippen molar-refractivity contribution in [2.75, 3.05) is 7.11 Å². The van der Waals surface area contributed by atoms with Crippen LogP contribution in [0.5, 0.6) is 0 Å². The second-order valence-electron chi connectivity index (χ2n) is 4.33. The Morgan fingerprint density at radius 1 is 1.40 bits per heavy atom. The fourth-order valence-corrected chi connectivity index (χ4v) is 1.71. The number of esters is 1. The fraction of sp³-hybridized carbons (Fsp3) is 0.833. The quantitative estimate of drug-likeness (QED) is 0.480. The summed E-state index contributed by atoms with van der Waals surface area (Å²) in [6.07, 6.45) is 5.43. The number of Topliss-reactive ketones (excluding diaryl/α,β-unsaturated/α-hetero) is 1. The zero-order valence-corrected chi connectivity index (χ0v) is 9.62. The Morgan fingerprint density at radius 3 is 2.53 bits per heavy atom. The molecule has 1 aliphatic rings. The van der Waals surface area contributed by atoms with Gasteiger partial charge in [-0.1, -0.05) is 19.8 Å². The minimum Gasteiger partial charge on any atom is -0.468 e. The van der Waals surface area contributed by atoms with Gasteiger partial charge in [-0.25, -0.2) is 0 Å². The third-order valence-corrected chi connectivity index (χ3v) is 2.91. The zero-order chi connectivity index (χ0) is 11.3. The van der Waals surface area contributed by atoms with Crippen molar-refractivity contribution >= 4 is 11.8 Å². The van der Waals surface area contributed by atoms with E-state index < -0.39 is 5.92 Å². The van der Waals surface area contributed by atoms with Crippen LogP contribution in [0.2, 0.25) is 0 Å². The minimum absolute atomic E-state index is 0.0813. The molecule has 3 heteroatoms. The monoisotopic (exact) mass is 212 g/mol. The number of methoxy groups -OCH3 is 1. The van der Waals surface area contributed by atoms with Crippen molar-refractivity contribution in [3.63, 3.8) is 0 Å². The SMILES string of the molecule is CCCCC(C(=O)CC1CC1)C(=O)OC. The molecule has 0 radical (unpaired) electrons. The van der Waals surface area contributed by atoms with Crippen LogP contribution in [-0.2, 0) is 14.3 Å². The van der Waals surface area contributed by atoms with E-state index in [1.807, 2.05) is 0 Å². The molecule has 0 aromatic heterocycles. The standard InChI is InChI=1S/C12H20O3/c1-3-4-5-10(12(14)15-2)11(13)8-9-6-7-9/h9-10H,3-8H2,1-2H3. The number of ketones is 1. The van der Waals surface area contributed by atoms with Gasteiger partial charge >= 0.3 is 5.97 Å². The Bertz CT molecular complexity index is 231. The summed E-state index contributed by atoms with van der Waals surface area (Å²) >= 11 is 0. The lowest BCUT2D eigenvalue weighted by Gasteiger charge is -2.12. The molecule has 1 saturated carbocycles. The molecule has 1 unspecified atom stereocenters. The number of unbranched alkanes of at least 4 members (excludes halogenated alkanes) is 1. The largest absolute Gasteiger partial charge is 0.468 e. The molecule has 1 rings (SSSR count). The normalized spacial score (nSPS) is 17.2. The lowest BCUT2D eigenvalue weighted by atomic mass is 9.94. The van der Waals surface area contributed by atoms with Crippen molar-refractivity contribution in [2.45, 2.75) is 45.4 Å². The van der Waals surface area contributed by atoms with Gasteiger partial charge in [-0.05, 0) is 25.2 Å². The Labute approximate surface area is 91.2 Å². The van der Waals surface area contributed by atoms with Crippen LogP contribution < -0.4 is 0 Å². The number of carbonyl (C=O) groups is 2. The van der Waals surface area contributed by atoms with Crippen molar-refractivity contribution in [3.8, 4) is 0 Å². The van der Waals surface area contributed by atoms with Gasteiger partial charge in [0, 0.05) is 6.42 Å². The highest BCUT2D eigenvalue weighted by Crippen LogP contribution is 2.34. The summed E-state index contributed by atoms with van der Waals surface area (Å²) in [5.74, 6) is -0.228. The second kappa shape index (κ2) is 5.89. The molecule has 0 spiro atoms. The first kappa shape index (κ1) is 12.2. The molecule has 0 aromatic rings. The smallest absolute Gasteiger partial charge is 0.316 e. The zero-order valence-electron chi connectivity index (χ0n) is 9.62. The molecule has 86 valence electrons. The summed E-state index contributed by atoms with van der Waals surface area (Å²) in [6.45, 7) is 2.06. The number of hydrogen-bond donors (Lipinski definition) is 0. The van der Waals surface area contributed by atoms with E-state index in [4.69, 9.17) is 0 Å². The molecular weight excluding hydrogens is 192 g/mol. The van der Waals surface area contributed by atoms with Gasteiger partial charge < -0.3 is 4.74 Å². The lowest BCUT2D eigenvalue weighted by molar-refractivity contribution is -0.149. The van der Waals surface area contributed by atoms with Crippen molar-refractivity contribution < 1.29 is 14.3 Å². The van der Waals surface area contributed by atoms with Gasteiger partial charge in [-0.3, -0.25) is 9.59 Å². The predicted octanol–water partition coefficient (Wildman–Crippen LogP) is 2.33. The molecule has 1 atom stereocenters. The van der Waals surface area contributed by atoms with Crippen LogP contribution in [0.15, 0.2) is 0 Å². The lowest BCUT2D eigenvalue weighted by Crippen LogP contribution is -2.25. The maximum absolute atomic E-state index is 11.8. The first-order chi connectivity index (χ1) is 7.19. The molecule has 0 amide bonds. The van der Waals surface area contributed by atoms with E-state index in [9.17, 15) is 9.59 Å². The van der Waals surface area contributed by atoms with Gasteiger partial charge in [-0.15, -0.1) is 0 Å². The van der Waals surface area contributed by atoms with Gasteiger partial charge in [0.05, 0.1) is 7.11 Å². The Kier molecular flexibility index (Phi) is 4.79. The first-order valence-corrected chi connectivity index (χ1v) is 5.79. The second-order valence-corrected chi connectivity index (χ2v) is 4.33. The summed E-state index contributed by atoms with van der Waals surface area (Å²) in [4.78, 5) is 23.2. The molecule has 0 aliphatic heterocycles. The summed E-state index contributed by atoms with van der Waals surface area (Å²) < 4.78 is 4.67. The van der Waals surface area contributed by atoms with E-state index in [1.165, 1.54) is 7.11 Å². The summed E-state index contributed by atoms with van der Waals surface area (Å²) in [5.41, 5.74) is 0. The highest BCUT2D eigenvalue weighted by Gasteiger charge is 2.32. The summed E-state index contributed by atoms with van der Waals surface area (Å²) in [6, 6.07) is 0. The van der Waals surface area contributed by atoms with E-state index in [0.29, 0.717) is 18.8 Å². The van der Waals surface area contributed by atoms with Crippen molar-refractivity contribution in [1.29, 1.82) is 0 Å². The molecule has 0 N–H and O–H groups in total. The van der Waals surface area contributed by atoms with Gasteiger partial charge in [0.15, 0.2) is 0 Å². The molecule has 0 heterocycles. The van der Waals surface area contributed by atoms with E-state index in [2.05, 4.69) is 11.7 Å². The van der Waals surface area contributed by atoms with Crippen LogP contribution in [0.1, 0.15) is 45.4 Å². The predicted molar refractivity (Wildman–Crippen MR) is 57.4 cm³/mol. The maximum Gasteiger partial charge on any atom is 0.316 e. The molecule has 3 nitrogen and oxygen atoms in total. The van der Waals surface area contributed by atoms with Crippen LogP contribution in [0.4, 0.5) is 0 Å². The number of rotatable bonds is 7. The highest BCUT2D eigenvalue weighted by atomic mass is 16.5. The van der Waals surface area contributed by atoms with E-state index in [-0.39, 0.29) is 11.8 Å². The molecule has 1 fully saturated rings. The van der Waals surface area contributed by atoms with E-state index in [1.54, 1.807) is 0 Å². The van der Waals surface area contributed by atoms with Crippen molar-refractivity contribution in [3.05, 3.63) is 0 Å². The van der Waals surface area contributed by atoms with Crippen molar-refractivity contribution in [1.82, 2.24) is 0 Å². The van der Waals surface area contributed by atoms with Crippen molar-refractivity contribution in [2.24, 2.45) is 11.8 Å². The fourth-order valence-electron chi connectivity index (χ4n) is 1.71. The number of ether oxygens (including phenoxy) is 1. The number of hydrogen-bond acceptors (Lipinski definition) is 3. The third-order valence-electron chi connectivity index (χ3n) is 2.91. The Hall–Kier alpha value is -0.860. The van der Waals surface area contributed by atoms with Gasteiger partial charge in [0.25, 0.3) is 0 Å². The van der Waals surface area contributed by atoms with E-state index in [0.717, 1.165) is 25.7 Å². The van der Waals surface area contributed by atoms with Crippen LogP contribution in [0.25, 0.3) is 0 Å². The summed E-state index contributed by atoms with van der Waals surface area (Å²) in [5, 5.41) is 0. The highest BCUT2D eigenvalue weighted by molar-refractivity contribution is 5.99. The average molecular weight is 212 g/mol. The van der Waals surface area contributed by atoms with Crippen LogP contribution >= 0.6 is 0 Å². The van der Waals surface area contributed by atoms with Gasteiger partial charge in [0.2, 0.25) is 0 Å². The topological polar surface area (TPSA) is 43.4 Å². The van der Waals surface area contributed by atoms with Crippen LogP contribution in [0, 0.1) is 11.8 Å². The molecular formula is C12H20O3. The molecule has 0 bridgehead atoms.